The van der Waals surface area contributed by atoms with Crippen molar-refractivity contribution < 1.29 is 14.7 Å². The van der Waals surface area contributed by atoms with Crippen molar-refractivity contribution in [3.05, 3.63) is 33.8 Å². The Balaban J connectivity index is 1.96. The van der Waals surface area contributed by atoms with Gasteiger partial charge in [0.05, 0.1) is 13.0 Å². The summed E-state index contributed by atoms with van der Waals surface area (Å²) in [7, 11) is 1.82. The smallest absolute Gasteiger partial charge is 0.317 e. The quantitative estimate of drug-likeness (QED) is 0.862. The van der Waals surface area contributed by atoms with E-state index in [0.29, 0.717) is 28.7 Å². The van der Waals surface area contributed by atoms with Gasteiger partial charge < -0.3 is 10.0 Å². The summed E-state index contributed by atoms with van der Waals surface area (Å²) in [6, 6.07) is 5.40. The first-order chi connectivity index (χ1) is 11.4. The average molecular weight is 373 g/mol. The fraction of sp³-hybridized carbons (Fsp3) is 0.529. The number of likely N-dealkylation sites (tertiary alicyclic amines) is 1. The van der Waals surface area contributed by atoms with Crippen LogP contribution in [0.3, 0.4) is 0 Å². The van der Waals surface area contributed by atoms with Crippen LogP contribution in [0.25, 0.3) is 0 Å². The lowest BCUT2D eigenvalue weighted by Gasteiger charge is -2.25. The van der Waals surface area contributed by atoms with E-state index in [1.165, 1.54) is 0 Å². The second kappa shape index (κ2) is 8.70. The van der Waals surface area contributed by atoms with Crippen molar-refractivity contribution in [3.63, 3.8) is 0 Å². The van der Waals surface area contributed by atoms with Gasteiger partial charge in [0.25, 0.3) is 0 Å². The predicted molar refractivity (Wildman–Crippen MR) is 94.7 cm³/mol. The van der Waals surface area contributed by atoms with Crippen molar-refractivity contribution in [1.82, 2.24) is 9.80 Å². The monoisotopic (exact) mass is 372 g/mol. The van der Waals surface area contributed by atoms with E-state index in [1.807, 2.05) is 16.8 Å². The highest BCUT2D eigenvalue weighted by Gasteiger charge is 2.24. The molecule has 24 heavy (non-hydrogen) atoms. The summed E-state index contributed by atoms with van der Waals surface area (Å²) in [4.78, 5) is 27.1. The Morgan fingerprint density at radius 3 is 2.54 bits per heavy atom. The predicted octanol–water partition coefficient (Wildman–Crippen LogP) is 2.93. The molecule has 0 bridgehead atoms. The number of aliphatic carboxylic acids is 1. The number of carbonyl (C=O) groups excluding carboxylic acids is 1. The third kappa shape index (κ3) is 5.10. The molecule has 5 nitrogen and oxygen atoms in total. The number of amides is 1. The number of hydrogen-bond donors (Lipinski definition) is 1. The Morgan fingerprint density at radius 1 is 1.25 bits per heavy atom. The van der Waals surface area contributed by atoms with Crippen LogP contribution in [0.2, 0.25) is 10.0 Å². The van der Waals surface area contributed by atoms with E-state index in [-0.39, 0.29) is 24.9 Å². The summed E-state index contributed by atoms with van der Waals surface area (Å²) < 4.78 is 0. The molecular weight excluding hydrogens is 351 g/mol. The lowest BCUT2D eigenvalue weighted by atomic mass is 10.1. The third-order valence-electron chi connectivity index (χ3n) is 4.45. The van der Waals surface area contributed by atoms with Gasteiger partial charge >= 0.3 is 5.97 Å². The van der Waals surface area contributed by atoms with Gasteiger partial charge in [0.15, 0.2) is 0 Å². The molecule has 1 atom stereocenters. The van der Waals surface area contributed by atoms with Crippen molar-refractivity contribution in [1.29, 1.82) is 0 Å². The molecule has 1 fully saturated rings. The Labute approximate surface area is 152 Å². The lowest BCUT2D eigenvalue weighted by molar-refractivity contribution is -0.138. The molecule has 0 spiro atoms. The number of nitrogens with zero attached hydrogens (tertiary/aromatic N) is 2. The zero-order valence-corrected chi connectivity index (χ0v) is 15.2. The summed E-state index contributed by atoms with van der Waals surface area (Å²) in [5, 5.41) is 9.92. The fourth-order valence-electron chi connectivity index (χ4n) is 3.08. The molecule has 7 heteroatoms. The molecule has 1 N–H and O–H groups in total. The maximum atomic E-state index is 12.6. The first kappa shape index (κ1) is 19.0. The van der Waals surface area contributed by atoms with E-state index in [2.05, 4.69) is 0 Å². The highest BCUT2D eigenvalue weighted by Crippen LogP contribution is 2.26. The normalized spacial score (nSPS) is 18.5. The molecular formula is C17H22Cl2N2O3. The van der Waals surface area contributed by atoms with Crippen LogP contribution in [-0.4, -0.2) is 59.5 Å². The lowest BCUT2D eigenvalue weighted by Crippen LogP contribution is -2.37. The van der Waals surface area contributed by atoms with Crippen molar-refractivity contribution in [3.8, 4) is 0 Å². The van der Waals surface area contributed by atoms with Crippen LogP contribution in [0.4, 0.5) is 0 Å². The van der Waals surface area contributed by atoms with Gasteiger partial charge in [-0.15, -0.1) is 0 Å². The number of halogens is 2. The van der Waals surface area contributed by atoms with E-state index in [4.69, 9.17) is 28.3 Å². The molecule has 0 radical (unpaired) electrons. The van der Waals surface area contributed by atoms with Crippen molar-refractivity contribution in [2.45, 2.75) is 31.7 Å². The Morgan fingerprint density at radius 2 is 1.92 bits per heavy atom. The summed E-state index contributed by atoms with van der Waals surface area (Å²) in [5.41, 5.74) is 0.662. The fourth-order valence-corrected chi connectivity index (χ4v) is 3.61. The number of carboxylic acids is 1. The minimum Gasteiger partial charge on any atom is -0.480 e. The Bertz CT molecular complexity index is 589. The van der Waals surface area contributed by atoms with Gasteiger partial charge in [-0.3, -0.25) is 14.5 Å². The number of hydrogen-bond acceptors (Lipinski definition) is 3. The maximum Gasteiger partial charge on any atom is 0.317 e. The molecule has 1 aromatic rings. The van der Waals surface area contributed by atoms with Gasteiger partial charge in [0.2, 0.25) is 5.91 Å². The summed E-state index contributed by atoms with van der Waals surface area (Å²) in [6.45, 7) is 1.32. The van der Waals surface area contributed by atoms with Gasteiger partial charge in [0.1, 0.15) is 0 Å². The molecule has 1 saturated heterocycles. The molecule has 0 aromatic heterocycles. The van der Waals surface area contributed by atoms with Gasteiger partial charge in [-0.25, -0.2) is 0 Å². The van der Waals surface area contributed by atoms with Crippen LogP contribution in [0, 0.1) is 0 Å². The van der Waals surface area contributed by atoms with Crippen molar-refractivity contribution >= 4 is 35.1 Å². The average Bonchev–Trinajstić information content (AvgIpc) is 2.76. The van der Waals surface area contributed by atoms with Crippen LogP contribution in [0.1, 0.15) is 24.8 Å². The van der Waals surface area contributed by atoms with Gasteiger partial charge in [-0.2, -0.15) is 0 Å². The molecule has 1 aromatic carbocycles. The third-order valence-corrected chi connectivity index (χ3v) is 5.16. The molecule has 0 saturated carbocycles. The number of rotatable bonds is 5. The molecule has 2 rings (SSSR count). The number of likely N-dealkylation sites (N-methyl/N-ethyl adjacent to an activating group) is 1. The SMILES string of the molecule is CN(CC(=O)O)C1CCCN(C(=O)Cc2c(Cl)cccc2Cl)CC1. The number of carbonyl (C=O) groups is 2. The van der Waals surface area contributed by atoms with Crippen molar-refractivity contribution in [2.24, 2.45) is 0 Å². The highest BCUT2D eigenvalue weighted by molar-refractivity contribution is 6.36. The van der Waals surface area contributed by atoms with Gasteiger partial charge in [-0.05, 0) is 44.0 Å². The molecule has 1 aliphatic rings. The summed E-state index contributed by atoms with van der Waals surface area (Å²) >= 11 is 12.3. The molecule has 1 unspecified atom stereocenters. The van der Waals surface area contributed by atoms with Crippen LogP contribution in [-0.2, 0) is 16.0 Å². The largest absolute Gasteiger partial charge is 0.480 e. The second-order valence-electron chi connectivity index (χ2n) is 6.15. The number of carboxylic acid groups (broad SMARTS) is 1. The van der Waals surface area contributed by atoms with Crippen LogP contribution >= 0.6 is 23.2 Å². The van der Waals surface area contributed by atoms with Gasteiger partial charge in [0, 0.05) is 29.2 Å². The molecule has 1 aliphatic heterocycles. The van der Waals surface area contributed by atoms with Crippen LogP contribution in [0.15, 0.2) is 18.2 Å². The standard InChI is InChI=1S/C17H22Cl2N2O3/c1-20(11-17(23)24)12-4-3-8-21(9-7-12)16(22)10-13-14(18)5-2-6-15(13)19/h2,5-6,12H,3-4,7-11H2,1H3,(H,23,24). The van der Waals surface area contributed by atoms with Crippen molar-refractivity contribution in [2.75, 3.05) is 26.7 Å². The van der Waals surface area contributed by atoms with E-state index in [1.54, 1.807) is 18.2 Å². The van der Waals surface area contributed by atoms with Crippen LogP contribution < -0.4 is 0 Å². The number of benzene rings is 1. The second-order valence-corrected chi connectivity index (χ2v) is 6.97. The first-order valence-corrected chi connectivity index (χ1v) is 8.76. The zero-order chi connectivity index (χ0) is 17.7. The zero-order valence-electron chi connectivity index (χ0n) is 13.7. The Kier molecular flexibility index (Phi) is 6.90. The van der Waals surface area contributed by atoms with E-state index in [0.717, 1.165) is 19.3 Å². The first-order valence-electron chi connectivity index (χ1n) is 8.01. The molecule has 0 aliphatic carbocycles. The minimum absolute atomic E-state index is 0.00605. The Hall–Kier alpha value is -1.30. The maximum absolute atomic E-state index is 12.6. The van der Waals surface area contributed by atoms with E-state index < -0.39 is 5.97 Å². The van der Waals surface area contributed by atoms with E-state index in [9.17, 15) is 9.59 Å². The van der Waals surface area contributed by atoms with Crippen LogP contribution in [0.5, 0.6) is 0 Å². The van der Waals surface area contributed by atoms with Gasteiger partial charge in [-0.1, -0.05) is 29.3 Å². The molecule has 1 amide bonds. The summed E-state index contributed by atoms with van der Waals surface area (Å²) in [6.07, 6.45) is 2.71. The summed E-state index contributed by atoms with van der Waals surface area (Å²) in [5.74, 6) is -0.824. The minimum atomic E-state index is -0.831. The molecule has 1 heterocycles. The molecule has 132 valence electrons. The highest BCUT2D eigenvalue weighted by atomic mass is 35.5. The van der Waals surface area contributed by atoms with E-state index >= 15 is 0 Å². The topological polar surface area (TPSA) is 60.9 Å².